The van der Waals surface area contributed by atoms with Gasteiger partial charge in [-0.3, -0.25) is 0 Å². The molecule has 1 heterocycles. The Hall–Kier alpha value is -0.650. The molecule has 2 rings (SSSR count). The molecule has 0 aliphatic rings. The van der Waals surface area contributed by atoms with E-state index in [1.165, 1.54) is 5.56 Å². The standard InChI is InChI=1S/C14H17Br2N3/c1-8(17-4)11-5-6-13(12(15)7-11)19-10(3)14(16)9(2)18-19/h5-8,17H,1-4H3. The van der Waals surface area contributed by atoms with Crippen LogP contribution in [-0.4, -0.2) is 16.8 Å². The van der Waals surface area contributed by atoms with E-state index in [0.717, 1.165) is 26.0 Å². The Bertz CT molecular complexity index is 605. The van der Waals surface area contributed by atoms with E-state index >= 15 is 0 Å². The summed E-state index contributed by atoms with van der Waals surface area (Å²) in [5.41, 5.74) is 4.40. The highest BCUT2D eigenvalue weighted by atomic mass is 79.9. The Morgan fingerprint density at radius 1 is 1.26 bits per heavy atom. The van der Waals surface area contributed by atoms with E-state index in [0.29, 0.717) is 6.04 Å². The van der Waals surface area contributed by atoms with E-state index in [9.17, 15) is 0 Å². The Morgan fingerprint density at radius 3 is 2.42 bits per heavy atom. The van der Waals surface area contributed by atoms with E-state index in [-0.39, 0.29) is 0 Å². The minimum atomic E-state index is 0.331. The molecule has 1 aromatic carbocycles. The maximum atomic E-state index is 4.56. The van der Waals surface area contributed by atoms with E-state index in [2.05, 4.69) is 74.3 Å². The highest BCUT2D eigenvalue weighted by Gasteiger charge is 2.13. The van der Waals surface area contributed by atoms with Crippen molar-refractivity contribution in [3.63, 3.8) is 0 Å². The van der Waals surface area contributed by atoms with E-state index in [4.69, 9.17) is 0 Å². The van der Waals surface area contributed by atoms with Crippen LogP contribution in [0.25, 0.3) is 5.69 Å². The zero-order valence-electron chi connectivity index (χ0n) is 11.5. The van der Waals surface area contributed by atoms with Crippen LogP contribution in [0.5, 0.6) is 0 Å². The van der Waals surface area contributed by atoms with Crippen LogP contribution in [0.3, 0.4) is 0 Å². The molecule has 0 radical (unpaired) electrons. The van der Waals surface area contributed by atoms with Gasteiger partial charge in [-0.1, -0.05) is 6.07 Å². The van der Waals surface area contributed by atoms with Crippen molar-refractivity contribution in [3.8, 4) is 5.69 Å². The fourth-order valence-electron chi connectivity index (χ4n) is 1.99. The number of nitrogens with one attached hydrogen (secondary N) is 1. The van der Waals surface area contributed by atoms with Crippen molar-refractivity contribution in [1.82, 2.24) is 15.1 Å². The number of hydrogen-bond acceptors (Lipinski definition) is 2. The second-order valence-corrected chi connectivity index (χ2v) is 6.27. The van der Waals surface area contributed by atoms with E-state index < -0.39 is 0 Å². The summed E-state index contributed by atoms with van der Waals surface area (Å²) >= 11 is 7.21. The molecule has 2 aromatic rings. The molecule has 102 valence electrons. The third-order valence-electron chi connectivity index (χ3n) is 3.34. The molecule has 1 N–H and O–H groups in total. The first-order valence-electron chi connectivity index (χ1n) is 6.14. The molecule has 1 unspecified atom stereocenters. The maximum Gasteiger partial charge on any atom is 0.0791 e. The van der Waals surface area contributed by atoms with Crippen molar-refractivity contribution < 1.29 is 0 Å². The molecule has 0 fully saturated rings. The summed E-state index contributed by atoms with van der Waals surface area (Å²) in [6, 6.07) is 6.70. The number of aromatic nitrogens is 2. The summed E-state index contributed by atoms with van der Waals surface area (Å²) < 4.78 is 4.06. The molecule has 0 saturated carbocycles. The Morgan fingerprint density at radius 2 is 1.95 bits per heavy atom. The Balaban J connectivity index is 2.49. The first kappa shape index (κ1) is 14.8. The molecule has 0 bridgehead atoms. The fraction of sp³-hybridized carbons (Fsp3) is 0.357. The van der Waals surface area contributed by atoms with Crippen molar-refractivity contribution in [3.05, 3.63) is 44.1 Å². The van der Waals surface area contributed by atoms with Gasteiger partial charge in [0.2, 0.25) is 0 Å². The smallest absolute Gasteiger partial charge is 0.0791 e. The van der Waals surface area contributed by atoms with Gasteiger partial charge in [0.15, 0.2) is 0 Å². The molecule has 0 aliphatic heterocycles. The van der Waals surface area contributed by atoms with Gasteiger partial charge in [-0.25, -0.2) is 4.68 Å². The van der Waals surface area contributed by atoms with Crippen LogP contribution < -0.4 is 5.32 Å². The summed E-state index contributed by atoms with van der Waals surface area (Å²) in [6.45, 7) is 6.20. The highest BCUT2D eigenvalue weighted by molar-refractivity contribution is 9.11. The largest absolute Gasteiger partial charge is 0.313 e. The average molecular weight is 387 g/mol. The lowest BCUT2D eigenvalue weighted by Crippen LogP contribution is -2.12. The van der Waals surface area contributed by atoms with Crippen LogP contribution in [-0.2, 0) is 0 Å². The third-order valence-corrected chi connectivity index (χ3v) is 5.12. The lowest BCUT2D eigenvalue weighted by atomic mass is 10.1. The van der Waals surface area contributed by atoms with Crippen LogP contribution in [0.2, 0.25) is 0 Å². The predicted molar refractivity (Wildman–Crippen MR) is 85.9 cm³/mol. The molecule has 5 heteroatoms. The summed E-state index contributed by atoms with van der Waals surface area (Å²) in [5, 5.41) is 7.80. The Labute approximate surface area is 130 Å². The molecule has 0 spiro atoms. The number of rotatable bonds is 3. The van der Waals surface area contributed by atoms with Gasteiger partial charge in [-0.15, -0.1) is 0 Å². The quantitative estimate of drug-likeness (QED) is 0.852. The lowest BCUT2D eigenvalue weighted by Gasteiger charge is -2.13. The number of benzene rings is 1. The van der Waals surface area contributed by atoms with Crippen molar-refractivity contribution >= 4 is 31.9 Å². The second kappa shape index (κ2) is 5.77. The molecule has 19 heavy (non-hydrogen) atoms. The fourth-order valence-corrected chi connectivity index (χ4v) is 2.80. The lowest BCUT2D eigenvalue weighted by molar-refractivity contribution is 0.651. The van der Waals surface area contributed by atoms with Gasteiger partial charge in [0.25, 0.3) is 0 Å². The number of nitrogens with zero attached hydrogens (tertiary/aromatic N) is 2. The average Bonchev–Trinajstić information content (AvgIpc) is 2.65. The minimum Gasteiger partial charge on any atom is -0.313 e. The zero-order chi connectivity index (χ0) is 14.2. The number of aryl methyl sites for hydroxylation is 1. The number of hydrogen-bond donors (Lipinski definition) is 1. The van der Waals surface area contributed by atoms with Crippen LogP contribution in [0.15, 0.2) is 27.1 Å². The van der Waals surface area contributed by atoms with Crippen molar-refractivity contribution in [1.29, 1.82) is 0 Å². The predicted octanol–water partition coefficient (Wildman–Crippen LogP) is 4.29. The van der Waals surface area contributed by atoms with Crippen LogP contribution in [0.4, 0.5) is 0 Å². The number of halogens is 2. The molecular formula is C14H17Br2N3. The van der Waals surface area contributed by atoms with Gasteiger partial charge >= 0.3 is 0 Å². The van der Waals surface area contributed by atoms with Gasteiger partial charge in [-0.2, -0.15) is 5.10 Å². The molecule has 0 saturated heterocycles. The van der Waals surface area contributed by atoms with Crippen molar-refractivity contribution in [2.75, 3.05) is 7.05 Å². The molecular weight excluding hydrogens is 370 g/mol. The maximum absolute atomic E-state index is 4.56. The molecule has 3 nitrogen and oxygen atoms in total. The Kier molecular flexibility index (Phi) is 4.48. The molecule has 0 aliphatic carbocycles. The van der Waals surface area contributed by atoms with Gasteiger partial charge < -0.3 is 5.32 Å². The van der Waals surface area contributed by atoms with E-state index in [1.807, 2.05) is 18.7 Å². The van der Waals surface area contributed by atoms with Crippen LogP contribution in [0.1, 0.15) is 29.9 Å². The van der Waals surface area contributed by atoms with Crippen LogP contribution >= 0.6 is 31.9 Å². The topological polar surface area (TPSA) is 29.9 Å². The minimum absolute atomic E-state index is 0.331. The zero-order valence-corrected chi connectivity index (χ0v) is 14.6. The van der Waals surface area contributed by atoms with Crippen molar-refractivity contribution in [2.24, 2.45) is 0 Å². The monoisotopic (exact) mass is 385 g/mol. The second-order valence-electron chi connectivity index (χ2n) is 4.62. The molecule has 1 aromatic heterocycles. The molecule has 1 atom stereocenters. The first-order valence-corrected chi connectivity index (χ1v) is 7.73. The first-order chi connectivity index (χ1) is 8.95. The van der Waals surface area contributed by atoms with Gasteiger partial charge in [-0.05, 0) is 77.4 Å². The molecule has 0 amide bonds. The van der Waals surface area contributed by atoms with E-state index in [1.54, 1.807) is 0 Å². The van der Waals surface area contributed by atoms with Crippen molar-refractivity contribution in [2.45, 2.75) is 26.8 Å². The summed E-state index contributed by atoms with van der Waals surface area (Å²) in [4.78, 5) is 0. The van der Waals surface area contributed by atoms with Gasteiger partial charge in [0, 0.05) is 10.5 Å². The van der Waals surface area contributed by atoms with Gasteiger partial charge in [0.05, 0.1) is 21.5 Å². The highest BCUT2D eigenvalue weighted by Crippen LogP contribution is 2.29. The summed E-state index contributed by atoms with van der Waals surface area (Å²) in [5.74, 6) is 0. The third kappa shape index (κ3) is 2.78. The van der Waals surface area contributed by atoms with Gasteiger partial charge in [0.1, 0.15) is 0 Å². The summed E-state index contributed by atoms with van der Waals surface area (Å²) in [6.07, 6.45) is 0. The summed E-state index contributed by atoms with van der Waals surface area (Å²) in [7, 11) is 1.96. The normalized spacial score (nSPS) is 12.7. The SMILES string of the molecule is CNC(C)c1ccc(-n2nc(C)c(Br)c2C)c(Br)c1. The van der Waals surface area contributed by atoms with Crippen LogP contribution in [0, 0.1) is 13.8 Å².